The molecule has 1 unspecified atom stereocenters. The number of carbonyl (C=O) groups is 1. The van der Waals surface area contributed by atoms with Gasteiger partial charge in [-0.3, -0.25) is 4.79 Å². The van der Waals surface area contributed by atoms with Gasteiger partial charge in [0, 0.05) is 30.9 Å². The Bertz CT molecular complexity index is 1780. The van der Waals surface area contributed by atoms with Crippen LogP contribution in [0.3, 0.4) is 0 Å². The standard InChI is InChI=1S/C32H34N6O5/c1-18-34-25-11-9-19(14-27(25)42-18)23-16-33-29-28(23)31(43-22-7-3-4-8-22)38-32(37-29)36-24-12-10-20(15-26(24)40-2)30(39)35-21-6-5-13-41-17-21/h9-12,14-16,21-22H,3-8,13,17H2,1-2H3,(H,35,39)(H2,33,36,37,38). The van der Waals surface area contributed by atoms with Gasteiger partial charge in [0.1, 0.15) is 23.0 Å². The number of H-pyrrole nitrogens is 1. The SMILES string of the molecule is COc1cc(C(=O)NC2CCCOC2)ccc1Nc1nc(OC2CCCC2)c2c(-c3ccc4nc(C)oc4c3)c[nH]c2n1. The van der Waals surface area contributed by atoms with Gasteiger partial charge in [0.15, 0.2) is 11.5 Å². The Morgan fingerprint density at radius 2 is 1.93 bits per heavy atom. The van der Waals surface area contributed by atoms with Crippen molar-refractivity contribution in [3.8, 4) is 22.8 Å². The Balaban J connectivity index is 1.21. The molecule has 3 N–H and O–H groups in total. The summed E-state index contributed by atoms with van der Waals surface area (Å²) in [4.78, 5) is 30.3. The molecular formula is C32H34N6O5. The van der Waals surface area contributed by atoms with Crippen molar-refractivity contribution in [2.24, 2.45) is 0 Å². The van der Waals surface area contributed by atoms with Crippen molar-refractivity contribution in [3.05, 3.63) is 54.0 Å². The summed E-state index contributed by atoms with van der Waals surface area (Å²) in [6.07, 6.45) is 8.10. The zero-order chi connectivity index (χ0) is 29.3. The van der Waals surface area contributed by atoms with Crippen molar-refractivity contribution in [1.82, 2.24) is 25.3 Å². The maximum Gasteiger partial charge on any atom is 0.251 e. The summed E-state index contributed by atoms with van der Waals surface area (Å²) in [5, 5.41) is 7.14. The summed E-state index contributed by atoms with van der Waals surface area (Å²) in [7, 11) is 1.57. The van der Waals surface area contributed by atoms with Crippen LogP contribution in [-0.4, -0.2) is 58.3 Å². The third-order valence-corrected chi connectivity index (χ3v) is 8.09. The Morgan fingerprint density at radius 1 is 1.05 bits per heavy atom. The highest BCUT2D eigenvalue weighted by Crippen LogP contribution is 2.38. The molecule has 0 spiro atoms. The van der Waals surface area contributed by atoms with Crippen molar-refractivity contribution in [2.75, 3.05) is 25.6 Å². The number of anilines is 2. The number of aryl methyl sites for hydroxylation is 1. The molecule has 2 aromatic carbocycles. The number of oxazole rings is 1. The molecule has 11 heteroatoms. The van der Waals surface area contributed by atoms with E-state index >= 15 is 0 Å². The first kappa shape index (κ1) is 27.2. The van der Waals surface area contributed by atoms with Gasteiger partial charge in [-0.15, -0.1) is 0 Å². The lowest BCUT2D eigenvalue weighted by molar-refractivity contribution is 0.0624. The zero-order valence-corrected chi connectivity index (χ0v) is 24.2. The number of hydrogen-bond acceptors (Lipinski definition) is 9. The number of amides is 1. The van der Waals surface area contributed by atoms with Crippen LogP contribution in [0.1, 0.15) is 54.8 Å². The maximum atomic E-state index is 12.9. The van der Waals surface area contributed by atoms with Crippen molar-refractivity contribution < 1.29 is 23.4 Å². The molecular weight excluding hydrogens is 548 g/mol. The fraction of sp³-hybridized carbons (Fsp3) is 0.375. The monoisotopic (exact) mass is 582 g/mol. The minimum absolute atomic E-state index is 0.0101. The molecule has 3 aromatic heterocycles. The summed E-state index contributed by atoms with van der Waals surface area (Å²) in [5.74, 6) is 1.82. The molecule has 1 amide bonds. The van der Waals surface area contributed by atoms with Gasteiger partial charge in [-0.2, -0.15) is 9.97 Å². The van der Waals surface area contributed by atoms with Crippen LogP contribution in [0.15, 0.2) is 47.0 Å². The van der Waals surface area contributed by atoms with E-state index in [4.69, 9.17) is 28.6 Å². The van der Waals surface area contributed by atoms with E-state index in [1.807, 2.05) is 31.3 Å². The number of fused-ring (bicyclic) bond motifs is 2. The van der Waals surface area contributed by atoms with Crippen LogP contribution in [0.4, 0.5) is 11.6 Å². The van der Waals surface area contributed by atoms with Gasteiger partial charge in [0.25, 0.3) is 5.91 Å². The summed E-state index contributed by atoms with van der Waals surface area (Å²) >= 11 is 0. The molecule has 4 heterocycles. The van der Waals surface area contributed by atoms with Gasteiger partial charge in [0.2, 0.25) is 11.8 Å². The lowest BCUT2D eigenvalue weighted by Crippen LogP contribution is -2.40. The van der Waals surface area contributed by atoms with Crippen molar-refractivity contribution in [2.45, 2.75) is 57.6 Å². The Hall–Kier alpha value is -4.64. The fourth-order valence-electron chi connectivity index (χ4n) is 5.92. The molecule has 1 atom stereocenters. The predicted octanol–water partition coefficient (Wildman–Crippen LogP) is 6.06. The van der Waals surface area contributed by atoms with Crippen LogP contribution in [0, 0.1) is 6.92 Å². The van der Waals surface area contributed by atoms with Crippen LogP contribution >= 0.6 is 0 Å². The number of methoxy groups -OCH3 is 1. The number of aromatic amines is 1. The van der Waals surface area contributed by atoms with Gasteiger partial charge >= 0.3 is 0 Å². The Kier molecular flexibility index (Phi) is 7.32. The maximum absolute atomic E-state index is 12.9. The van der Waals surface area contributed by atoms with E-state index in [9.17, 15) is 4.79 Å². The smallest absolute Gasteiger partial charge is 0.251 e. The Morgan fingerprint density at radius 3 is 2.74 bits per heavy atom. The van der Waals surface area contributed by atoms with Crippen LogP contribution < -0.4 is 20.1 Å². The van der Waals surface area contributed by atoms with Gasteiger partial charge in [0.05, 0.1) is 30.8 Å². The molecule has 1 saturated heterocycles. The fourth-order valence-corrected chi connectivity index (χ4v) is 5.92. The number of nitrogens with one attached hydrogen (secondary N) is 3. The number of benzene rings is 2. The molecule has 0 radical (unpaired) electrons. The topological polar surface area (TPSA) is 136 Å². The van der Waals surface area contributed by atoms with Crippen molar-refractivity contribution >= 4 is 39.7 Å². The first-order valence-corrected chi connectivity index (χ1v) is 14.8. The van der Waals surface area contributed by atoms with E-state index < -0.39 is 0 Å². The number of rotatable bonds is 8. The molecule has 43 heavy (non-hydrogen) atoms. The third kappa shape index (κ3) is 5.60. The van der Waals surface area contributed by atoms with Crippen LogP contribution in [0.2, 0.25) is 0 Å². The minimum Gasteiger partial charge on any atom is -0.495 e. The second-order valence-electron chi connectivity index (χ2n) is 11.1. The normalized spacial score (nSPS) is 17.4. The van der Waals surface area contributed by atoms with E-state index in [1.165, 1.54) is 0 Å². The summed E-state index contributed by atoms with van der Waals surface area (Å²) in [6.45, 7) is 3.11. The third-order valence-electron chi connectivity index (χ3n) is 8.09. The van der Waals surface area contributed by atoms with Crippen LogP contribution in [0.5, 0.6) is 11.6 Å². The van der Waals surface area contributed by atoms with Crippen LogP contribution in [-0.2, 0) is 4.74 Å². The molecule has 7 rings (SSSR count). The molecule has 222 valence electrons. The lowest BCUT2D eigenvalue weighted by atomic mass is 10.1. The zero-order valence-electron chi connectivity index (χ0n) is 24.2. The van der Waals surface area contributed by atoms with E-state index in [0.717, 1.165) is 72.7 Å². The highest BCUT2D eigenvalue weighted by atomic mass is 16.5. The molecule has 1 aliphatic heterocycles. The number of nitrogens with zero attached hydrogens (tertiary/aromatic N) is 3. The first-order chi connectivity index (χ1) is 21.0. The van der Waals surface area contributed by atoms with Gasteiger partial charge in [-0.1, -0.05) is 6.07 Å². The second kappa shape index (κ2) is 11.6. The molecule has 2 aliphatic rings. The lowest BCUT2D eigenvalue weighted by Gasteiger charge is -2.23. The average Bonchev–Trinajstić information content (AvgIpc) is 3.77. The number of ether oxygens (including phenoxy) is 3. The first-order valence-electron chi connectivity index (χ1n) is 14.8. The molecule has 0 bridgehead atoms. The predicted molar refractivity (Wildman–Crippen MR) is 162 cm³/mol. The Labute approximate surface area is 248 Å². The minimum atomic E-state index is -0.164. The second-order valence-corrected chi connectivity index (χ2v) is 11.1. The molecule has 1 aliphatic carbocycles. The van der Waals surface area contributed by atoms with Gasteiger partial charge in [-0.25, -0.2) is 4.98 Å². The van der Waals surface area contributed by atoms with Crippen molar-refractivity contribution in [3.63, 3.8) is 0 Å². The summed E-state index contributed by atoms with van der Waals surface area (Å²) < 4.78 is 23.4. The summed E-state index contributed by atoms with van der Waals surface area (Å²) in [6, 6.07) is 11.2. The number of aromatic nitrogens is 4. The van der Waals surface area contributed by atoms with E-state index in [-0.39, 0.29) is 18.1 Å². The van der Waals surface area contributed by atoms with Crippen molar-refractivity contribution in [1.29, 1.82) is 0 Å². The molecule has 1 saturated carbocycles. The highest BCUT2D eigenvalue weighted by molar-refractivity contribution is 5.99. The largest absolute Gasteiger partial charge is 0.495 e. The quantitative estimate of drug-likeness (QED) is 0.199. The molecule has 11 nitrogen and oxygen atoms in total. The highest BCUT2D eigenvalue weighted by Gasteiger charge is 2.24. The van der Waals surface area contributed by atoms with Gasteiger partial charge in [-0.05, 0) is 74.4 Å². The summed E-state index contributed by atoms with van der Waals surface area (Å²) in [5.41, 5.74) is 5.17. The van der Waals surface area contributed by atoms with E-state index in [1.54, 1.807) is 25.3 Å². The van der Waals surface area contributed by atoms with Gasteiger partial charge < -0.3 is 34.2 Å². The molecule has 5 aromatic rings. The van der Waals surface area contributed by atoms with E-state index in [0.29, 0.717) is 47.0 Å². The number of carbonyl (C=O) groups excluding carboxylic acids is 1. The van der Waals surface area contributed by atoms with Crippen LogP contribution in [0.25, 0.3) is 33.3 Å². The number of hydrogen-bond donors (Lipinski definition) is 3. The molecule has 2 fully saturated rings. The average molecular weight is 583 g/mol. The van der Waals surface area contributed by atoms with E-state index in [2.05, 4.69) is 20.6 Å².